The SMILES string of the molecule is O=S(=O)(O)c1ccc2c(N=Nc3ccc(-c4ccc(N=Nc5c(O)c(S(=O)(=O)O)cc6cc(S(=O)(=O)O)ccc56)cc4Cl)c(Cl)c3)c(O)c(S(=O)(=O)O)cc2c1. The number of hydrogen-bond acceptors (Lipinski definition) is 14. The molecule has 0 atom stereocenters. The molecule has 56 heavy (non-hydrogen) atoms. The van der Waals surface area contributed by atoms with Crippen LogP contribution in [0.1, 0.15) is 0 Å². The molecule has 6 rings (SSSR count). The van der Waals surface area contributed by atoms with Crippen molar-refractivity contribution in [2.45, 2.75) is 19.6 Å². The molecule has 0 aliphatic heterocycles. The zero-order valence-corrected chi connectivity index (χ0v) is 32.0. The van der Waals surface area contributed by atoms with E-state index in [-0.39, 0.29) is 43.0 Å². The third kappa shape index (κ3) is 8.20. The number of phenolic OH excluding ortho intramolecular Hbond substituents is 2. The summed E-state index contributed by atoms with van der Waals surface area (Å²) in [7, 11) is -19.5. The predicted octanol–water partition coefficient (Wildman–Crippen LogP) is 8.20. The molecule has 0 aromatic heterocycles. The molecule has 0 saturated carbocycles. The van der Waals surface area contributed by atoms with Crippen LogP contribution < -0.4 is 0 Å². The number of halogens is 2. The van der Waals surface area contributed by atoms with Crippen molar-refractivity contribution in [1.82, 2.24) is 0 Å². The molecule has 6 aromatic rings. The lowest BCUT2D eigenvalue weighted by atomic mass is 10.0. The van der Waals surface area contributed by atoms with Gasteiger partial charge in [-0.2, -0.15) is 43.9 Å². The molecular weight excluding hydrogens is 864 g/mol. The summed E-state index contributed by atoms with van der Waals surface area (Å²) in [6.45, 7) is 0. The highest BCUT2D eigenvalue weighted by Crippen LogP contribution is 2.44. The van der Waals surface area contributed by atoms with Crippen LogP contribution in [0.4, 0.5) is 22.7 Å². The topological polar surface area (TPSA) is 307 Å². The zero-order chi connectivity index (χ0) is 41.1. The summed E-state index contributed by atoms with van der Waals surface area (Å²) in [6, 6.07) is 16.0. The third-order valence-corrected chi connectivity index (χ3v) is 12.0. The van der Waals surface area contributed by atoms with Gasteiger partial charge in [-0.3, -0.25) is 18.2 Å². The maximum atomic E-state index is 12.0. The Balaban J connectivity index is 1.34. The monoisotopic (exact) mass is 882 g/mol. The fourth-order valence-electron chi connectivity index (χ4n) is 5.36. The molecule has 0 amide bonds. The second-order valence-corrected chi connectivity index (χ2v) is 18.0. The van der Waals surface area contributed by atoms with Crippen molar-refractivity contribution in [3.05, 3.63) is 95.0 Å². The first kappa shape index (κ1) is 40.5. The summed E-state index contributed by atoms with van der Waals surface area (Å²) in [5.41, 5.74) is -0.0851. The standard InChI is InChI=1S/C32H20Cl2N4O14S4/c33-25-13-17(35-37-29-21-7-3-19(53(41,42)43)9-15(21)11-27(31(29)39)55(47,48)49)1-5-23(25)24-6-2-18(14-26(24)34)36-38-30-22-8-4-20(54(44,45)46)10-16(22)12-28(32(30)40)56(50,51)52/h1-14,39-40H,(H,41,42,43)(H,44,45,46)(H,47,48,49)(H,50,51,52). The molecule has 0 aliphatic rings. The minimum absolute atomic E-state index is 0.00129. The van der Waals surface area contributed by atoms with Crippen molar-refractivity contribution in [1.29, 1.82) is 0 Å². The van der Waals surface area contributed by atoms with Crippen LogP contribution in [0.3, 0.4) is 0 Å². The van der Waals surface area contributed by atoms with Crippen molar-refractivity contribution >= 4 is 108 Å². The molecule has 0 heterocycles. The lowest BCUT2D eigenvalue weighted by molar-refractivity contribution is 0.443. The first-order valence-corrected chi connectivity index (χ1v) is 21.4. The van der Waals surface area contributed by atoms with Gasteiger partial charge in [0.25, 0.3) is 40.5 Å². The summed E-state index contributed by atoms with van der Waals surface area (Å²) in [4.78, 5) is -3.23. The van der Waals surface area contributed by atoms with E-state index in [9.17, 15) is 62.1 Å². The Labute approximate surface area is 326 Å². The average molecular weight is 884 g/mol. The second-order valence-electron chi connectivity index (χ2n) is 11.5. The van der Waals surface area contributed by atoms with Crippen LogP contribution in [-0.4, -0.2) is 62.1 Å². The molecule has 0 spiro atoms. The van der Waals surface area contributed by atoms with Gasteiger partial charge in [0.15, 0.2) is 11.5 Å². The van der Waals surface area contributed by atoms with Crippen LogP contribution in [0.2, 0.25) is 10.0 Å². The zero-order valence-electron chi connectivity index (χ0n) is 27.2. The molecule has 24 heteroatoms. The Hall–Kier alpha value is -5.14. The predicted molar refractivity (Wildman–Crippen MR) is 201 cm³/mol. The number of fused-ring (bicyclic) bond motifs is 2. The molecular formula is C32H20Cl2N4O14S4. The van der Waals surface area contributed by atoms with Gasteiger partial charge < -0.3 is 10.2 Å². The van der Waals surface area contributed by atoms with Gasteiger partial charge in [0, 0.05) is 21.9 Å². The fraction of sp³-hybridized carbons (Fsp3) is 0. The quantitative estimate of drug-likeness (QED) is 0.0589. The van der Waals surface area contributed by atoms with Gasteiger partial charge in [-0.15, -0.1) is 10.2 Å². The van der Waals surface area contributed by atoms with Gasteiger partial charge in [0.1, 0.15) is 21.2 Å². The van der Waals surface area contributed by atoms with E-state index in [1.165, 1.54) is 36.4 Å². The number of aromatic hydroxyl groups is 2. The first-order chi connectivity index (χ1) is 25.9. The summed E-state index contributed by atoms with van der Waals surface area (Å²) in [5.74, 6) is -2.01. The number of phenols is 2. The highest BCUT2D eigenvalue weighted by molar-refractivity contribution is 7.86. The third-order valence-electron chi connectivity index (χ3n) is 7.92. The van der Waals surface area contributed by atoms with Crippen molar-refractivity contribution in [3.8, 4) is 22.6 Å². The van der Waals surface area contributed by atoms with E-state index in [1.807, 2.05) is 0 Å². The Bertz CT molecular complexity index is 2980. The molecule has 290 valence electrons. The Morgan fingerprint density at radius 1 is 0.429 bits per heavy atom. The van der Waals surface area contributed by atoms with Crippen LogP contribution in [-0.2, 0) is 40.5 Å². The normalized spacial score (nSPS) is 13.0. The number of benzene rings is 6. The first-order valence-electron chi connectivity index (χ1n) is 14.9. The molecule has 0 unspecified atom stereocenters. The molecule has 18 nitrogen and oxygen atoms in total. The lowest BCUT2D eigenvalue weighted by Gasteiger charge is -2.10. The fourth-order valence-corrected chi connectivity index (χ4v) is 8.18. The Morgan fingerprint density at radius 2 is 0.786 bits per heavy atom. The van der Waals surface area contributed by atoms with E-state index >= 15 is 0 Å². The number of nitrogens with zero attached hydrogens (tertiary/aromatic N) is 4. The summed E-state index contributed by atoms with van der Waals surface area (Å²) in [6.07, 6.45) is 0. The van der Waals surface area contributed by atoms with E-state index in [0.717, 1.165) is 48.5 Å². The minimum atomic E-state index is -5.05. The molecule has 6 N–H and O–H groups in total. The maximum absolute atomic E-state index is 12.0. The molecule has 0 aliphatic carbocycles. The van der Waals surface area contributed by atoms with E-state index in [1.54, 1.807) is 0 Å². The number of rotatable bonds is 9. The van der Waals surface area contributed by atoms with Gasteiger partial charge in [0.2, 0.25) is 0 Å². The minimum Gasteiger partial charge on any atom is -0.504 e. The lowest BCUT2D eigenvalue weighted by Crippen LogP contribution is -2.00. The summed E-state index contributed by atoms with van der Waals surface area (Å²) >= 11 is 13.1. The van der Waals surface area contributed by atoms with Crippen molar-refractivity contribution in [2.75, 3.05) is 0 Å². The second kappa shape index (κ2) is 14.4. The van der Waals surface area contributed by atoms with Gasteiger partial charge in [-0.05, 0) is 71.4 Å². The van der Waals surface area contributed by atoms with Crippen molar-refractivity contribution < 1.29 is 62.1 Å². The molecule has 6 aromatic carbocycles. The van der Waals surface area contributed by atoms with Crippen LogP contribution >= 0.6 is 23.2 Å². The van der Waals surface area contributed by atoms with Gasteiger partial charge in [-0.25, -0.2) is 0 Å². The highest BCUT2D eigenvalue weighted by atomic mass is 35.5. The van der Waals surface area contributed by atoms with E-state index < -0.39 is 82.9 Å². The molecule has 0 saturated heterocycles. The highest BCUT2D eigenvalue weighted by Gasteiger charge is 2.25. The average Bonchev–Trinajstić information content (AvgIpc) is 3.08. The number of hydrogen-bond donors (Lipinski definition) is 6. The van der Waals surface area contributed by atoms with E-state index in [0.29, 0.717) is 11.1 Å². The van der Waals surface area contributed by atoms with Gasteiger partial charge >= 0.3 is 0 Å². The summed E-state index contributed by atoms with van der Waals surface area (Å²) < 4.78 is 133. The van der Waals surface area contributed by atoms with Crippen LogP contribution in [0.15, 0.2) is 125 Å². The largest absolute Gasteiger partial charge is 0.504 e. The summed E-state index contributed by atoms with van der Waals surface area (Å²) in [5, 5.41) is 37.1. The maximum Gasteiger partial charge on any atom is 0.298 e. The Morgan fingerprint density at radius 3 is 1.09 bits per heavy atom. The van der Waals surface area contributed by atoms with Crippen LogP contribution in [0, 0.1) is 0 Å². The van der Waals surface area contributed by atoms with Gasteiger partial charge in [0.05, 0.1) is 31.2 Å². The smallest absolute Gasteiger partial charge is 0.298 e. The van der Waals surface area contributed by atoms with Gasteiger partial charge in [-0.1, -0.05) is 47.5 Å². The van der Waals surface area contributed by atoms with E-state index in [2.05, 4.69) is 20.5 Å². The number of azo groups is 2. The Kier molecular flexibility index (Phi) is 10.4. The molecule has 0 fully saturated rings. The van der Waals surface area contributed by atoms with Crippen LogP contribution in [0.5, 0.6) is 11.5 Å². The van der Waals surface area contributed by atoms with E-state index in [4.69, 9.17) is 23.2 Å². The van der Waals surface area contributed by atoms with Crippen molar-refractivity contribution in [2.24, 2.45) is 20.5 Å². The molecule has 0 bridgehead atoms. The molecule has 0 radical (unpaired) electrons. The van der Waals surface area contributed by atoms with Crippen molar-refractivity contribution in [3.63, 3.8) is 0 Å². The van der Waals surface area contributed by atoms with Crippen LogP contribution in [0.25, 0.3) is 32.7 Å².